The van der Waals surface area contributed by atoms with Gasteiger partial charge in [0.05, 0.1) is 5.60 Å². The molecule has 0 rings (SSSR count). The molecule has 0 aliphatic carbocycles. The number of hydrogen-bond donors (Lipinski definition) is 1. The van der Waals surface area contributed by atoms with E-state index in [0.717, 1.165) is 12.8 Å². The molecule has 3 nitrogen and oxygen atoms in total. The first-order chi connectivity index (χ1) is 7.72. The van der Waals surface area contributed by atoms with Crippen LogP contribution >= 0.6 is 0 Å². The fourth-order valence-electron chi connectivity index (χ4n) is 2.10. The van der Waals surface area contributed by atoms with Crippen LogP contribution in [0.25, 0.3) is 0 Å². The Bertz CT molecular complexity index is 231. The number of amides is 1. The van der Waals surface area contributed by atoms with Crippen LogP contribution < -0.4 is 0 Å². The van der Waals surface area contributed by atoms with Crippen molar-refractivity contribution in [2.75, 3.05) is 13.1 Å². The second-order valence-corrected chi connectivity index (χ2v) is 5.80. The topological polar surface area (TPSA) is 40.5 Å². The van der Waals surface area contributed by atoms with Gasteiger partial charge in [0.1, 0.15) is 0 Å². The quantitative estimate of drug-likeness (QED) is 0.747. The highest BCUT2D eigenvalue weighted by molar-refractivity contribution is 5.79. The standard InChI is InChI=1S/C14H29NO2/c1-7-9-12(11(3)4)13(16)15(8-2)10-14(5,6)17/h11-12,17H,7-10H2,1-6H3. The first-order valence-corrected chi connectivity index (χ1v) is 6.74. The van der Waals surface area contributed by atoms with Crippen LogP contribution in [0.15, 0.2) is 0 Å². The highest BCUT2D eigenvalue weighted by atomic mass is 16.3. The molecule has 0 aromatic rings. The lowest BCUT2D eigenvalue weighted by molar-refractivity contribution is -0.140. The number of likely N-dealkylation sites (N-methyl/N-ethyl adjacent to an activating group) is 1. The fraction of sp³-hybridized carbons (Fsp3) is 0.929. The average molecular weight is 243 g/mol. The lowest BCUT2D eigenvalue weighted by atomic mass is 9.89. The largest absolute Gasteiger partial charge is 0.389 e. The molecule has 0 radical (unpaired) electrons. The van der Waals surface area contributed by atoms with E-state index in [1.165, 1.54) is 0 Å². The van der Waals surface area contributed by atoms with E-state index in [0.29, 0.717) is 19.0 Å². The van der Waals surface area contributed by atoms with Gasteiger partial charge in [-0.25, -0.2) is 0 Å². The molecule has 0 aliphatic rings. The highest BCUT2D eigenvalue weighted by Gasteiger charge is 2.28. The van der Waals surface area contributed by atoms with Gasteiger partial charge in [0.2, 0.25) is 5.91 Å². The molecule has 0 aromatic carbocycles. The van der Waals surface area contributed by atoms with E-state index in [9.17, 15) is 9.90 Å². The Balaban J connectivity index is 4.70. The Labute approximate surface area is 106 Å². The maximum atomic E-state index is 12.4. The molecule has 0 bridgehead atoms. The molecule has 0 saturated carbocycles. The molecule has 1 amide bonds. The second-order valence-electron chi connectivity index (χ2n) is 5.80. The maximum absolute atomic E-state index is 12.4. The number of hydrogen-bond acceptors (Lipinski definition) is 2. The molecule has 0 fully saturated rings. The summed E-state index contributed by atoms with van der Waals surface area (Å²) < 4.78 is 0. The molecular formula is C14H29NO2. The van der Waals surface area contributed by atoms with Gasteiger partial charge >= 0.3 is 0 Å². The molecule has 1 unspecified atom stereocenters. The van der Waals surface area contributed by atoms with Crippen LogP contribution in [0.5, 0.6) is 0 Å². The van der Waals surface area contributed by atoms with Gasteiger partial charge in [-0.3, -0.25) is 4.79 Å². The lowest BCUT2D eigenvalue weighted by Crippen LogP contribution is -2.45. The SMILES string of the molecule is CCCC(C(=O)N(CC)CC(C)(C)O)C(C)C. The number of aliphatic hydroxyl groups is 1. The van der Waals surface area contributed by atoms with Crippen LogP contribution in [0.4, 0.5) is 0 Å². The first kappa shape index (κ1) is 16.4. The summed E-state index contributed by atoms with van der Waals surface area (Å²) >= 11 is 0. The Morgan fingerprint density at radius 2 is 1.82 bits per heavy atom. The van der Waals surface area contributed by atoms with Crippen molar-refractivity contribution in [1.82, 2.24) is 4.90 Å². The zero-order chi connectivity index (χ0) is 13.6. The normalized spacial score (nSPS) is 13.9. The van der Waals surface area contributed by atoms with Gasteiger partial charge in [-0.2, -0.15) is 0 Å². The third-order valence-electron chi connectivity index (χ3n) is 2.99. The van der Waals surface area contributed by atoms with Gasteiger partial charge in [0.25, 0.3) is 0 Å². The molecular weight excluding hydrogens is 214 g/mol. The van der Waals surface area contributed by atoms with Crippen LogP contribution in [0.1, 0.15) is 54.4 Å². The summed E-state index contributed by atoms with van der Waals surface area (Å²) in [6, 6.07) is 0. The van der Waals surface area contributed by atoms with Crippen molar-refractivity contribution in [2.24, 2.45) is 11.8 Å². The predicted octanol–water partition coefficient (Wildman–Crippen LogP) is 2.68. The molecule has 0 aromatic heterocycles. The van der Waals surface area contributed by atoms with E-state index >= 15 is 0 Å². The van der Waals surface area contributed by atoms with Crippen molar-refractivity contribution in [3.05, 3.63) is 0 Å². The van der Waals surface area contributed by atoms with E-state index in [4.69, 9.17) is 0 Å². The van der Waals surface area contributed by atoms with Gasteiger partial charge in [-0.1, -0.05) is 27.2 Å². The van der Waals surface area contributed by atoms with E-state index < -0.39 is 5.60 Å². The van der Waals surface area contributed by atoms with Crippen molar-refractivity contribution in [1.29, 1.82) is 0 Å². The summed E-state index contributed by atoms with van der Waals surface area (Å²) in [5.74, 6) is 0.632. The van der Waals surface area contributed by atoms with E-state index in [1.807, 2.05) is 6.92 Å². The molecule has 3 heteroatoms. The third kappa shape index (κ3) is 6.06. The molecule has 0 saturated heterocycles. The molecule has 1 N–H and O–H groups in total. The van der Waals surface area contributed by atoms with Crippen LogP contribution in [0, 0.1) is 11.8 Å². The highest BCUT2D eigenvalue weighted by Crippen LogP contribution is 2.21. The van der Waals surface area contributed by atoms with Crippen molar-refractivity contribution in [3.8, 4) is 0 Å². The Morgan fingerprint density at radius 1 is 1.29 bits per heavy atom. The van der Waals surface area contributed by atoms with Crippen molar-refractivity contribution in [3.63, 3.8) is 0 Å². The van der Waals surface area contributed by atoms with Crippen LogP contribution in [-0.4, -0.2) is 34.6 Å². The Hall–Kier alpha value is -0.570. The summed E-state index contributed by atoms with van der Waals surface area (Å²) in [5.41, 5.74) is -0.820. The Morgan fingerprint density at radius 3 is 2.12 bits per heavy atom. The zero-order valence-corrected chi connectivity index (χ0v) is 12.3. The van der Waals surface area contributed by atoms with Crippen molar-refractivity contribution in [2.45, 2.75) is 60.0 Å². The molecule has 1 atom stereocenters. The van der Waals surface area contributed by atoms with Gasteiger partial charge in [0, 0.05) is 19.0 Å². The van der Waals surface area contributed by atoms with Crippen LogP contribution in [-0.2, 0) is 4.79 Å². The molecule has 102 valence electrons. The van der Waals surface area contributed by atoms with Crippen LogP contribution in [0.3, 0.4) is 0 Å². The number of carbonyl (C=O) groups excluding carboxylic acids is 1. The van der Waals surface area contributed by atoms with Gasteiger partial charge in [0.15, 0.2) is 0 Å². The lowest BCUT2D eigenvalue weighted by Gasteiger charge is -2.32. The summed E-state index contributed by atoms with van der Waals surface area (Å²) in [6.07, 6.45) is 1.95. The third-order valence-corrected chi connectivity index (χ3v) is 2.99. The summed E-state index contributed by atoms with van der Waals surface area (Å²) in [7, 11) is 0. The zero-order valence-electron chi connectivity index (χ0n) is 12.3. The van der Waals surface area contributed by atoms with Crippen molar-refractivity contribution >= 4 is 5.91 Å². The number of rotatable bonds is 7. The minimum atomic E-state index is -0.820. The summed E-state index contributed by atoms with van der Waals surface area (Å²) in [4.78, 5) is 14.2. The summed E-state index contributed by atoms with van der Waals surface area (Å²) in [5, 5.41) is 9.82. The second kappa shape index (κ2) is 7.00. The smallest absolute Gasteiger partial charge is 0.226 e. The Kier molecular flexibility index (Phi) is 6.76. The minimum absolute atomic E-state index is 0.0855. The van der Waals surface area contributed by atoms with E-state index in [2.05, 4.69) is 20.8 Å². The molecule has 0 heterocycles. The van der Waals surface area contributed by atoms with Crippen LogP contribution in [0.2, 0.25) is 0 Å². The van der Waals surface area contributed by atoms with E-state index in [1.54, 1.807) is 18.7 Å². The van der Waals surface area contributed by atoms with Gasteiger partial charge in [-0.05, 0) is 33.1 Å². The van der Waals surface area contributed by atoms with Crippen molar-refractivity contribution < 1.29 is 9.90 Å². The summed E-state index contributed by atoms with van der Waals surface area (Å²) in [6.45, 7) is 12.8. The van der Waals surface area contributed by atoms with Gasteiger partial charge in [-0.15, -0.1) is 0 Å². The predicted molar refractivity (Wildman–Crippen MR) is 71.8 cm³/mol. The minimum Gasteiger partial charge on any atom is -0.389 e. The first-order valence-electron chi connectivity index (χ1n) is 6.74. The average Bonchev–Trinajstić information content (AvgIpc) is 2.19. The monoisotopic (exact) mass is 243 g/mol. The number of nitrogens with zero attached hydrogens (tertiary/aromatic N) is 1. The van der Waals surface area contributed by atoms with E-state index in [-0.39, 0.29) is 11.8 Å². The molecule has 0 aliphatic heterocycles. The molecule has 17 heavy (non-hydrogen) atoms. The number of carbonyl (C=O) groups is 1. The fourth-order valence-corrected chi connectivity index (χ4v) is 2.10. The maximum Gasteiger partial charge on any atom is 0.226 e. The molecule has 0 spiro atoms. The van der Waals surface area contributed by atoms with Gasteiger partial charge < -0.3 is 10.0 Å².